The number of halogens is 1. The lowest BCUT2D eigenvalue weighted by atomic mass is 10.1. The molecular formula is C11H10ClN3O. The van der Waals surface area contributed by atoms with E-state index in [2.05, 4.69) is 5.10 Å². The van der Waals surface area contributed by atoms with Gasteiger partial charge in [0.2, 0.25) is 0 Å². The van der Waals surface area contributed by atoms with E-state index in [0.29, 0.717) is 16.3 Å². The molecule has 16 heavy (non-hydrogen) atoms. The summed E-state index contributed by atoms with van der Waals surface area (Å²) in [6.07, 6.45) is 3.20. The molecule has 0 unspecified atom stereocenters. The maximum atomic E-state index is 11.3. The molecule has 0 amide bonds. The van der Waals surface area contributed by atoms with Crippen molar-refractivity contribution in [3.63, 3.8) is 0 Å². The number of aromatic nitrogens is 2. The number of rotatable bonds is 2. The minimum atomic E-state index is -0.0717. The maximum Gasteiger partial charge on any atom is 0.161 e. The van der Waals surface area contributed by atoms with Gasteiger partial charge < -0.3 is 5.73 Å². The number of anilines is 1. The molecule has 0 bridgehead atoms. The summed E-state index contributed by atoms with van der Waals surface area (Å²) < 4.78 is 1.59. The lowest BCUT2D eigenvalue weighted by molar-refractivity contribution is 0.101. The molecule has 0 aliphatic rings. The van der Waals surface area contributed by atoms with Crippen LogP contribution in [0.15, 0.2) is 30.6 Å². The fraction of sp³-hybridized carbons (Fsp3) is 0.0909. The van der Waals surface area contributed by atoms with Crippen LogP contribution in [0.5, 0.6) is 0 Å². The normalized spacial score (nSPS) is 10.4. The highest BCUT2D eigenvalue weighted by Crippen LogP contribution is 2.18. The fourth-order valence-electron chi connectivity index (χ4n) is 1.43. The minimum Gasteiger partial charge on any atom is -0.398 e. The van der Waals surface area contributed by atoms with Crippen molar-refractivity contribution in [2.45, 2.75) is 6.92 Å². The molecule has 2 N–H and O–H groups in total. The van der Waals surface area contributed by atoms with Crippen molar-refractivity contribution in [2.75, 3.05) is 5.73 Å². The van der Waals surface area contributed by atoms with Crippen LogP contribution in [0.25, 0.3) is 5.69 Å². The predicted molar refractivity (Wildman–Crippen MR) is 63.0 cm³/mol. The first-order chi connectivity index (χ1) is 7.58. The largest absolute Gasteiger partial charge is 0.398 e. The Morgan fingerprint density at radius 1 is 1.50 bits per heavy atom. The zero-order chi connectivity index (χ0) is 11.7. The number of ketones is 1. The molecule has 0 atom stereocenters. The Hall–Kier alpha value is -1.81. The van der Waals surface area contributed by atoms with Gasteiger partial charge in [-0.2, -0.15) is 5.10 Å². The zero-order valence-electron chi connectivity index (χ0n) is 8.64. The van der Waals surface area contributed by atoms with Gasteiger partial charge >= 0.3 is 0 Å². The van der Waals surface area contributed by atoms with Gasteiger partial charge in [-0.3, -0.25) is 4.79 Å². The third-order valence-corrected chi connectivity index (χ3v) is 2.43. The van der Waals surface area contributed by atoms with Gasteiger partial charge in [-0.15, -0.1) is 0 Å². The molecule has 4 nitrogen and oxygen atoms in total. The summed E-state index contributed by atoms with van der Waals surface area (Å²) in [5.74, 6) is -0.0717. The zero-order valence-corrected chi connectivity index (χ0v) is 9.40. The summed E-state index contributed by atoms with van der Waals surface area (Å²) in [6.45, 7) is 1.48. The number of carbonyl (C=O) groups is 1. The van der Waals surface area contributed by atoms with Crippen LogP contribution < -0.4 is 5.73 Å². The van der Waals surface area contributed by atoms with Crippen molar-refractivity contribution in [2.24, 2.45) is 0 Å². The van der Waals surface area contributed by atoms with E-state index in [1.807, 2.05) is 0 Å². The fourth-order valence-corrected chi connectivity index (χ4v) is 1.57. The third-order valence-electron chi connectivity index (χ3n) is 2.23. The van der Waals surface area contributed by atoms with Crippen molar-refractivity contribution in [1.29, 1.82) is 0 Å². The molecule has 82 valence electrons. The smallest absolute Gasteiger partial charge is 0.161 e. The first-order valence-electron chi connectivity index (χ1n) is 4.69. The quantitative estimate of drug-likeness (QED) is 0.642. The Balaban J connectivity index is 2.51. The average Bonchev–Trinajstić information content (AvgIpc) is 2.65. The van der Waals surface area contributed by atoms with Gasteiger partial charge in [0.15, 0.2) is 5.78 Å². The summed E-state index contributed by atoms with van der Waals surface area (Å²) >= 11 is 5.77. The second-order valence-electron chi connectivity index (χ2n) is 3.43. The number of carbonyl (C=O) groups excluding carboxylic acids is 1. The standard InChI is InChI=1S/C11H10ClN3O/c1-7(16)10-4-9(2-3-11(10)13)15-6-8(12)5-14-15/h2-6H,13H2,1H3. The molecule has 2 aromatic rings. The summed E-state index contributed by atoms with van der Waals surface area (Å²) in [5, 5.41) is 4.59. The van der Waals surface area contributed by atoms with Crippen molar-refractivity contribution in [1.82, 2.24) is 9.78 Å². The van der Waals surface area contributed by atoms with Crippen LogP contribution in [-0.4, -0.2) is 15.6 Å². The highest BCUT2D eigenvalue weighted by Gasteiger charge is 2.07. The molecule has 0 aliphatic heterocycles. The molecule has 0 saturated carbocycles. The molecule has 5 heteroatoms. The maximum absolute atomic E-state index is 11.3. The van der Waals surface area contributed by atoms with Crippen LogP contribution in [0.1, 0.15) is 17.3 Å². The van der Waals surface area contributed by atoms with Crippen molar-refractivity contribution < 1.29 is 4.79 Å². The molecule has 0 spiro atoms. The average molecular weight is 236 g/mol. The number of Topliss-reactive ketones (excluding diaryl/α,β-unsaturated/α-hetero) is 1. The molecule has 0 radical (unpaired) electrons. The second kappa shape index (κ2) is 3.98. The number of benzene rings is 1. The monoisotopic (exact) mass is 235 g/mol. The summed E-state index contributed by atoms with van der Waals surface area (Å²) in [4.78, 5) is 11.3. The molecule has 1 aromatic carbocycles. The van der Waals surface area contributed by atoms with Gasteiger partial charge in [-0.1, -0.05) is 11.6 Å². The lowest BCUT2D eigenvalue weighted by Gasteiger charge is -2.05. The Morgan fingerprint density at radius 3 is 2.81 bits per heavy atom. The molecule has 0 saturated heterocycles. The summed E-state index contributed by atoms with van der Waals surface area (Å²) in [5.41, 5.74) is 7.41. The van der Waals surface area contributed by atoms with Gasteiger partial charge in [-0.25, -0.2) is 4.68 Å². The van der Waals surface area contributed by atoms with Crippen LogP contribution in [0.2, 0.25) is 5.02 Å². The second-order valence-corrected chi connectivity index (χ2v) is 3.87. The Kier molecular flexibility index (Phi) is 2.66. The van der Waals surface area contributed by atoms with Crippen LogP contribution >= 0.6 is 11.6 Å². The minimum absolute atomic E-state index is 0.0717. The van der Waals surface area contributed by atoms with Crippen molar-refractivity contribution >= 4 is 23.1 Å². The Labute approximate surface area is 97.6 Å². The van der Waals surface area contributed by atoms with Crippen LogP contribution in [0, 0.1) is 0 Å². The van der Waals surface area contributed by atoms with Gasteiger partial charge in [-0.05, 0) is 25.1 Å². The molecular weight excluding hydrogens is 226 g/mol. The summed E-state index contributed by atoms with van der Waals surface area (Å²) in [7, 11) is 0. The van der Waals surface area contributed by atoms with Gasteiger partial charge in [0.05, 0.1) is 16.9 Å². The van der Waals surface area contributed by atoms with Crippen LogP contribution in [0.3, 0.4) is 0 Å². The van der Waals surface area contributed by atoms with E-state index in [1.54, 1.807) is 29.1 Å². The van der Waals surface area contributed by atoms with E-state index < -0.39 is 0 Å². The van der Waals surface area contributed by atoms with E-state index in [-0.39, 0.29) is 5.78 Å². The molecule has 0 aliphatic carbocycles. The predicted octanol–water partition coefficient (Wildman–Crippen LogP) is 2.31. The SMILES string of the molecule is CC(=O)c1cc(-n2cc(Cl)cn2)ccc1N. The van der Waals surface area contributed by atoms with E-state index in [1.165, 1.54) is 13.1 Å². The number of hydrogen-bond donors (Lipinski definition) is 1. The number of nitrogens with two attached hydrogens (primary N) is 1. The van der Waals surface area contributed by atoms with Crippen molar-refractivity contribution in [3.05, 3.63) is 41.2 Å². The van der Waals surface area contributed by atoms with Crippen LogP contribution in [0.4, 0.5) is 5.69 Å². The topological polar surface area (TPSA) is 60.9 Å². The highest BCUT2D eigenvalue weighted by molar-refractivity contribution is 6.30. The van der Waals surface area contributed by atoms with E-state index in [4.69, 9.17) is 17.3 Å². The first kappa shape index (κ1) is 10.7. The number of nitrogen functional groups attached to an aromatic ring is 1. The first-order valence-corrected chi connectivity index (χ1v) is 5.07. The van der Waals surface area contributed by atoms with Gasteiger partial charge in [0.25, 0.3) is 0 Å². The van der Waals surface area contributed by atoms with E-state index in [9.17, 15) is 4.79 Å². The lowest BCUT2D eigenvalue weighted by Crippen LogP contribution is -2.02. The molecule has 2 rings (SSSR count). The van der Waals surface area contributed by atoms with Gasteiger partial charge in [0, 0.05) is 17.4 Å². The van der Waals surface area contributed by atoms with E-state index >= 15 is 0 Å². The highest BCUT2D eigenvalue weighted by atomic mass is 35.5. The Morgan fingerprint density at radius 2 is 2.25 bits per heavy atom. The molecule has 1 aromatic heterocycles. The van der Waals surface area contributed by atoms with Gasteiger partial charge in [0.1, 0.15) is 0 Å². The van der Waals surface area contributed by atoms with Crippen molar-refractivity contribution in [3.8, 4) is 5.69 Å². The van der Waals surface area contributed by atoms with Crippen LogP contribution in [-0.2, 0) is 0 Å². The third kappa shape index (κ3) is 1.92. The Bertz CT molecular complexity index is 548. The van der Waals surface area contributed by atoms with E-state index in [0.717, 1.165) is 5.69 Å². The molecule has 0 fully saturated rings. The number of hydrogen-bond acceptors (Lipinski definition) is 3. The molecule has 1 heterocycles. The summed E-state index contributed by atoms with van der Waals surface area (Å²) in [6, 6.07) is 5.16. The number of nitrogens with zero attached hydrogens (tertiary/aromatic N) is 2.